The molecule has 1 aromatic carbocycles. The first-order chi connectivity index (χ1) is 9.34. The van der Waals surface area contributed by atoms with E-state index >= 15 is 0 Å². The molecule has 0 aliphatic carbocycles. The van der Waals surface area contributed by atoms with Crippen LogP contribution >= 0.6 is 0 Å². The van der Waals surface area contributed by atoms with Gasteiger partial charge in [0.1, 0.15) is 0 Å². The molecular weight excluding hydrogens is 248 g/mol. The van der Waals surface area contributed by atoms with Crippen molar-refractivity contribution in [3.05, 3.63) is 35.9 Å². The summed E-state index contributed by atoms with van der Waals surface area (Å²) in [6.45, 7) is 9.73. The van der Waals surface area contributed by atoms with E-state index in [1.54, 1.807) is 0 Å². The first kappa shape index (κ1) is 15.0. The fourth-order valence-electron chi connectivity index (χ4n) is 3.29. The van der Waals surface area contributed by atoms with Crippen LogP contribution in [0.15, 0.2) is 30.3 Å². The third kappa shape index (κ3) is 3.39. The molecule has 1 atom stereocenters. The van der Waals surface area contributed by atoms with Gasteiger partial charge in [-0.25, -0.2) is 0 Å². The third-order valence-electron chi connectivity index (χ3n) is 3.97. The summed E-state index contributed by atoms with van der Waals surface area (Å²) in [6.07, 6.45) is 0.953. The first-order valence-electron chi connectivity index (χ1n) is 7.19. The second-order valence-corrected chi connectivity index (χ2v) is 6.73. The van der Waals surface area contributed by atoms with Crippen LogP contribution in [-0.2, 0) is 11.3 Å². The quantitative estimate of drug-likeness (QED) is 0.789. The number of nitriles is 1. The molecule has 0 spiro atoms. The molecule has 1 fully saturated rings. The second kappa shape index (κ2) is 5.55. The Morgan fingerprint density at radius 1 is 1.25 bits per heavy atom. The minimum absolute atomic E-state index is 0.126. The Balaban J connectivity index is 2.19. The van der Waals surface area contributed by atoms with Gasteiger partial charge in [0.2, 0.25) is 0 Å². The summed E-state index contributed by atoms with van der Waals surface area (Å²) in [5, 5.41) is 9.14. The van der Waals surface area contributed by atoms with Crippen molar-refractivity contribution < 1.29 is 4.74 Å². The zero-order chi connectivity index (χ0) is 14.8. The molecule has 3 nitrogen and oxygen atoms in total. The van der Waals surface area contributed by atoms with Crippen LogP contribution in [0.1, 0.15) is 39.7 Å². The average molecular weight is 272 g/mol. The van der Waals surface area contributed by atoms with Crippen molar-refractivity contribution in [2.24, 2.45) is 0 Å². The monoisotopic (exact) mass is 272 g/mol. The molecular formula is C17H24N2O. The molecule has 0 bridgehead atoms. The zero-order valence-electron chi connectivity index (χ0n) is 12.9. The molecule has 0 unspecified atom stereocenters. The largest absolute Gasteiger partial charge is 0.368 e. The number of benzene rings is 1. The van der Waals surface area contributed by atoms with Crippen molar-refractivity contribution in [2.75, 3.05) is 6.54 Å². The number of rotatable bonds is 4. The molecule has 1 heterocycles. The predicted octanol–water partition coefficient (Wildman–Crippen LogP) is 3.36. The molecule has 0 N–H and O–H groups in total. The van der Waals surface area contributed by atoms with Gasteiger partial charge in [0.15, 0.2) is 0 Å². The summed E-state index contributed by atoms with van der Waals surface area (Å²) in [5.41, 5.74) is 0.886. The van der Waals surface area contributed by atoms with E-state index in [2.05, 4.69) is 50.8 Å². The summed E-state index contributed by atoms with van der Waals surface area (Å²) in [7, 11) is 0. The lowest BCUT2D eigenvalue weighted by Gasteiger charge is -2.35. The van der Waals surface area contributed by atoms with Gasteiger partial charge in [-0.1, -0.05) is 30.3 Å². The lowest BCUT2D eigenvalue weighted by atomic mass is 9.92. The van der Waals surface area contributed by atoms with Crippen molar-refractivity contribution in [1.82, 2.24) is 4.90 Å². The maximum atomic E-state index is 9.14. The Morgan fingerprint density at radius 2 is 1.90 bits per heavy atom. The molecule has 2 rings (SSSR count). The first-order valence-corrected chi connectivity index (χ1v) is 7.19. The van der Waals surface area contributed by atoms with Crippen molar-refractivity contribution >= 4 is 0 Å². The number of nitrogens with zero attached hydrogens (tertiary/aromatic N) is 2. The van der Waals surface area contributed by atoms with Gasteiger partial charge in [0, 0.05) is 12.6 Å². The van der Waals surface area contributed by atoms with E-state index in [0.717, 1.165) is 13.0 Å². The number of ether oxygens (including phenoxy) is 1. The summed E-state index contributed by atoms with van der Waals surface area (Å²) >= 11 is 0. The topological polar surface area (TPSA) is 36.3 Å². The molecule has 0 saturated carbocycles. The van der Waals surface area contributed by atoms with Gasteiger partial charge in [-0.05, 0) is 39.7 Å². The van der Waals surface area contributed by atoms with Gasteiger partial charge in [-0.2, -0.15) is 5.26 Å². The van der Waals surface area contributed by atoms with E-state index in [-0.39, 0.29) is 17.2 Å². The van der Waals surface area contributed by atoms with Gasteiger partial charge in [0.05, 0.1) is 23.8 Å². The highest BCUT2D eigenvalue weighted by Gasteiger charge is 2.48. The van der Waals surface area contributed by atoms with Gasteiger partial charge < -0.3 is 4.74 Å². The second-order valence-electron chi connectivity index (χ2n) is 6.73. The fourth-order valence-corrected chi connectivity index (χ4v) is 3.29. The highest BCUT2D eigenvalue weighted by atomic mass is 16.5. The summed E-state index contributed by atoms with van der Waals surface area (Å²) in [6, 6.07) is 12.9. The molecule has 1 aliphatic rings. The summed E-state index contributed by atoms with van der Waals surface area (Å²) in [4.78, 5) is 2.24. The zero-order valence-corrected chi connectivity index (χ0v) is 12.9. The normalized spacial score (nSPS) is 23.7. The predicted molar refractivity (Wildman–Crippen MR) is 80.1 cm³/mol. The summed E-state index contributed by atoms with van der Waals surface area (Å²) in [5.74, 6) is 0. The van der Waals surface area contributed by atoms with Crippen molar-refractivity contribution in [3.8, 4) is 6.07 Å². The van der Waals surface area contributed by atoms with Gasteiger partial charge >= 0.3 is 0 Å². The molecule has 0 aromatic heterocycles. The molecule has 20 heavy (non-hydrogen) atoms. The Morgan fingerprint density at radius 3 is 2.40 bits per heavy atom. The third-order valence-corrected chi connectivity index (χ3v) is 3.97. The summed E-state index contributed by atoms with van der Waals surface area (Å²) < 4.78 is 6.16. The highest BCUT2D eigenvalue weighted by Crippen LogP contribution is 2.40. The van der Waals surface area contributed by atoms with E-state index in [0.29, 0.717) is 6.54 Å². The average Bonchev–Trinajstić information content (AvgIpc) is 2.58. The van der Waals surface area contributed by atoms with Crippen LogP contribution in [0.25, 0.3) is 0 Å². The SMILES string of the molecule is CC1(C)C[C@@H](N(CC#N)Cc2ccccc2)C(C)(C)O1. The Hall–Kier alpha value is -1.37. The maximum Gasteiger partial charge on any atom is 0.0872 e. The van der Waals surface area contributed by atoms with Crippen LogP contribution in [0.3, 0.4) is 0 Å². The highest BCUT2D eigenvalue weighted by molar-refractivity contribution is 5.15. The van der Waals surface area contributed by atoms with Crippen molar-refractivity contribution in [2.45, 2.75) is 57.9 Å². The minimum atomic E-state index is -0.227. The Bertz CT molecular complexity index is 487. The standard InChI is InChI=1S/C17H24N2O/c1-16(2)12-15(17(3,4)20-16)19(11-10-18)13-14-8-6-5-7-9-14/h5-9,15H,11-13H2,1-4H3/t15-/m1/s1. The van der Waals surface area contributed by atoms with Gasteiger partial charge in [-0.15, -0.1) is 0 Å². The van der Waals surface area contributed by atoms with Crippen molar-refractivity contribution in [1.29, 1.82) is 5.26 Å². The molecule has 1 aromatic rings. The van der Waals surface area contributed by atoms with E-state index in [1.165, 1.54) is 5.56 Å². The van der Waals surface area contributed by atoms with E-state index in [4.69, 9.17) is 10.00 Å². The van der Waals surface area contributed by atoms with Crippen molar-refractivity contribution in [3.63, 3.8) is 0 Å². The van der Waals surface area contributed by atoms with Crippen LogP contribution in [0, 0.1) is 11.3 Å². The lowest BCUT2D eigenvalue weighted by molar-refractivity contribution is -0.0802. The van der Waals surface area contributed by atoms with E-state index in [9.17, 15) is 0 Å². The van der Waals surface area contributed by atoms with Crippen LogP contribution in [0.5, 0.6) is 0 Å². The number of hydrogen-bond donors (Lipinski definition) is 0. The van der Waals surface area contributed by atoms with Crippen LogP contribution in [0.4, 0.5) is 0 Å². The molecule has 108 valence electrons. The Kier molecular flexibility index (Phi) is 4.17. The van der Waals surface area contributed by atoms with Gasteiger partial charge in [-0.3, -0.25) is 4.90 Å². The van der Waals surface area contributed by atoms with Gasteiger partial charge in [0.25, 0.3) is 0 Å². The van der Waals surface area contributed by atoms with E-state index < -0.39 is 0 Å². The molecule has 0 radical (unpaired) electrons. The molecule has 0 amide bonds. The van der Waals surface area contributed by atoms with Crippen LogP contribution < -0.4 is 0 Å². The number of hydrogen-bond acceptors (Lipinski definition) is 3. The molecule has 1 saturated heterocycles. The molecule has 1 aliphatic heterocycles. The van der Waals surface area contributed by atoms with Crippen LogP contribution in [-0.4, -0.2) is 28.7 Å². The van der Waals surface area contributed by atoms with E-state index in [1.807, 2.05) is 18.2 Å². The lowest BCUT2D eigenvalue weighted by Crippen LogP contribution is -2.46. The Labute approximate surface area is 122 Å². The fraction of sp³-hybridized carbons (Fsp3) is 0.588. The minimum Gasteiger partial charge on any atom is -0.368 e. The maximum absolute atomic E-state index is 9.14. The van der Waals surface area contributed by atoms with Crippen LogP contribution in [0.2, 0.25) is 0 Å². The smallest absolute Gasteiger partial charge is 0.0872 e. The molecule has 3 heteroatoms.